The summed E-state index contributed by atoms with van der Waals surface area (Å²) in [5.74, 6) is 0.702. The summed E-state index contributed by atoms with van der Waals surface area (Å²) in [5, 5.41) is 2.79. The molecule has 108 valence electrons. The van der Waals surface area contributed by atoms with Gasteiger partial charge in [-0.3, -0.25) is 0 Å². The first-order valence-electron chi connectivity index (χ1n) is 6.27. The van der Waals surface area contributed by atoms with Crippen LogP contribution in [-0.4, -0.2) is 27.0 Å². The van der Waals surface area contributed by atoms with Crippen LogP contribution in [0, 0.1) is 5.92 Å². The maximum atomic E-state index is 12.3. The fraction of sp³-hybridized carbons (Fsp3) is 0.583. The summed E-state index contributed by atoms with van der Waals surface area (Å²) in [6, 6.07) is 1.55. The number of rotatable bonds is 7. The van der Waals surface area contributed by atoms with Crippen LogP contribution in [0.25, 0.3) is 0 Å². The van der Waals surface area contributed by atoms with E-state index in [9.17, 15) is 8.42 Å². The highest BCUT2D eigenvalue weighted by Crippen LogP contribution is 2.22. The van der Waals surface area contributed by atoms with Gasteiger partial charge >= 0.3 is 0 Å². The average molecular weight is 350 g/mol. The van der Waals surface area contributed by atoms with Gasteiger partial charge in [-0.15, -0.1) is 0 Å². The second kappa shape index (κ2) is 7.21. The highest BCUT2D eigenvalue weighted by atomic mass is 79.9. The summed E-state index contributed by atoms with van der Waals surface area (Å²) < 4.78 is 27.9. The zero-order valence-electron chi connectivity index (χ0n) is 11.4. The third-order valence-corrected chi connectivity index (χ3v) is 4.93. The van der Waals surface area contributed by atoms with Gasteiger partial charge in [-0.25, -0.2) is 18.1 Å². The quantitative estimate of drug-likeness (QED) is 0.793. The Morgan fingerprint density at radius 1 is 1.37 bits per heavy atom. The minimum atomic E-state index is -3.55. The maximum absolute atomic E-state index is 12.3. The number of anilines is 1. The maximum Gasteiger partial charge on any atom is 0.244 e. The topological polar surface area (TPSA) is 71.1 Å². The molecule has 2 N–H and O–H groups in total. The Morgan fingerprint density at radius 2 is 2.00 bits per heavy atom. The molecule has 7 heteroatoms. The lowest BCUT2D eigenvalue weighted by Gasteiger charge is -2.15. The highest BCUT2D eigenvalue weighted by molar-refractivity contribution is 9.10. The van der Waals surface area contributed by atoms with Crippen molar-refractivity contribution in [2.75, 3.05) is 18.9 Å². The number of nitrogens with one attached hydrogen (secondary N) is 2. The summed E-state index contributed by atoms with van der Waals surface area (Å²) >= 11 is 3.24. The van der Waals surface area contributed by atoms with Crippen LogP contribution in [0.2, 0.25) is 0 Å². The van der Waals surface area contributed by atoms with Crippen LogP contribution in [0.15, 0.2) is 21.6 Å². The van der Waals surface area contributed by atoms with Crippen LogP contribution in [0.5, 0.6) is 0 Å². The molecular formula is C12H20BrN3O2S. The van der Waals surface area contributed by atoms with Gasteiger partial charge < -0.3 is 5.32 Å². The van der Waals surface area contributed by atoms with Crippen molar-refractivity contribution in [3.05, 3.63) is 16.7 Å². The van der Waals surface area contributed by atoms with Crippen molar-refractivity contribution in [1.29, 1.82) is 0 Å². The Balaban J connectivity index is 2.97. The van der Waals surface area contributed by atoms with Crippen molar-refractivity contribution in [3.8, 4) is 0 Å². The van der Waals surface area contributed by atoms with Crippen LogP contribution in [-0.2, 0) is 10.0 Å². The van der Waals surface area contributed by atoms with Gasteiger partial charge in [0.25, 0.3) is 0 Å². The predicted molar refractivity (Wildman–Crippen MR) is 80.7 cm³/mol. The van der Waals surface area contributed by atoms with Gasteiger partial charge in [0.15, 0.2) is 0 Å². The molecule has 0 aliphatic heterocycles. The monoisotopic (exact) mass is 349 g/mol. The van der Waals surface area contributed by atoms with E-state index in [0.717, 1.165) is 12.8 Å². The minimum absolute atomic E-state index is 0.162. The van der Waals surface area contributed by atoms with E-state index in [1.54, 1.807) is 19.3 Å². The summed E-state index contributed by atoms with van der Waals surface area (Å²) in [6.07, 6.45) is 3.47. The summed E-state index contributed by atoms with van der Waals surface area (Å²) in [4.78, 5) is 4.22. The van der Waals surface area contributed by atoms with E-state index in [4.69, 9.17) is 0 Å². The summed E-state index contributed by atoms with van der Waals surface area (Å²) in [6.45, 7) is 4.56. The molecule has 0 atom stereocenters. The first-order valence-corrected chi connectivity index (χ1v) is 8.55. The molecule has 0 saturated carbocycles. The smallest absolute Gasteiger partial charge is 0.244 e. The summed E-state index contributed by atoms with van der Waals surface area (Å²) in [5.41, 5.74) is 0. The van der Waals surface area contributed by atoms with Crippen LogP contribution < -0.4 is 10.0 Å². The van der Waals surface area contributed by atoms with E-state index >= 15 is 0 Å². The first kappa shape index (κ1) is 16.4. The van der Waals surface area contributed by atoms with Crippen molar-refractivity contribution < 1.29 is 8.42 Å². The van der Waals surface area contributed by atoms with Gasteiger partial charge in [0.05, 0.1) is 0 Å². The van der Waals surface area contributed by atoms with Crippen molar-refractivity contribution in [3.63, 3.8) is 0 Å². The van der Waals surface area contributed by atoms with Gasteiger partial charge in [-0.1, -0.05) is 26.7 Å². The molecule has 0 aliphatic rings. The molecule has 0 aliphatic carbocycles. The Morgan fingerprint density at radius 3 is 2.53 bits per heavy atom. The lowest BCUT2D eigenvalue weighted by Crippen LogP contribution is -2.29. The van der Waals surface area contributed by atoms with Crippen molar-refractivity contribution in [2.45, 2.75) is 31.6 Å². The lowest BCUT2D eigenvalue weighted by atomic mass is 10.0. The standard InChI is InChI=1S/C12H20BrN3O2S/c1-4-9(5-2)7-16-19(17,18)11-6-10(13)8-15-12(11)14-3/h6,8-9,16H,4-5,7H2,1-3H3,(H,14,15). The molecular weight excluding hydrogens is 330 g/mol. The fourth-order valence-corrected chi connectivity index (χ4v) is 3.48. The molecule has 0 radical (unpaired) electrons. The number of sulfonamides is 1. The SMILES string of the molecule is CCC(CC)CNS(=O)(=O)c1cc(Br)cnc1NC. The second-order valence-corrected chi connectivity index (χ2v) is 6.94. The van der Waals surface area contributed by atoms with Crippen LogP contribution in [0.3, 0.4) is 0 Å². The normalized spacial score (nSPS) is 11.8. The third kappa shape index (κ3) is 4.43. The molecule has 0 saturated heterocycles. The highest BCUT2D eigenvalue weighted by Gasteiger charge is 2.20. The number of pyridine rings is 1. The van der Waals surface area contributed by atoms with Gasteiger partial charge in [0.2, 0.25) is 10.0 Å². The molecule has 0 unspecified atom stereocenters. The number of nitrogens with zero attached hydrogens (tertiary/aromatic N) is 1. The zero-order valence-corrected chi connectivity index (χ0v) is 13.8. The third-order valence-electron chi connectivity index (χ3n) is 3.06. The Labute approximate surface area is 123 Å². The molecule has 0 fully saturated rings. The molecule has 1 aromatic heterocycles. The van der Waals surface area contributed by atoms with Gasteiger partial charge in [0.1, 0.15) is 10.7 Å². The van der Waals surface area contributed by atoms with Crippen LogP contribution >= 0.6 is 15.9 Å². The van der Waals surface area contributed by atoms with E-state index in [0.29, 0.717) is 22.8 Å². The van der Waals surface area contributed by atoms with Gasteiger partial charge in [-0.2, -0.15) is 0 Å². The molecule has 0 bridgehead atoms. The zero-order chi connectivity index (χ0) is 14.5. The second-order valence-electron chi connectivity index (χ2n) is 4.28. The first-order chi connectivity index (χ1) is 8.94. The molecule has 19 heavy (non-hydrogen) atoms. The predicted octanol–water partition coefficient (Wildman–Crippen LogP) is 2.60. The Hall–Kier alpha value is -0.660. The Kier molecular flexibility index (Phi) is 6.22. The van der Waals surface area contributed by atoms with E-state index in [1.807, 2.05) is 0 Å². The fourth-order valence-electron chi connectivity index (χ4n) is 1.70. The van der Waals surface area contributed by atoms with E-state index < -0.39 is 10.0 Å². The molecule has 0 spiro atoms. The van der Waals surface area contributed by atoms with Crippen molar-refractivity contribution in [1.82, 2.24) is 9.71 Å². The molecule has 1 rings (SSSR count). The minimum Gasteiger partial charge on any atom is -0.372 e. The molecule has 0 amide bonds. The number of aromatic nitrogens is 1. The van der Waals surface area contributed by atoms with Crippen molar-refractivity contribution in [2.24, 2.45) is 5.92 Å². The number of hydrogen-bond donors (Lipinski definition) is 2. The van der Waals surface area contributed by atoms with Gasteiger partial charge in [-0.05, 0) is 27.9 Å². The number of halogens is 1. The lowest BCUT2D eigenvalue weighted by molar-refractivity contribution is 0.479. The van der Waals surface area contributed by atoms with Gasteiger partial charge in [0, 0.05) is 24.3 Å². The number of hydrogen-bond acceptors (Lipinski definition) is 4. The largest absolute Gasteiger partial charge is 0.372 e. The average Bonchev–Trinajstić information content (AvgIpc) is 2.39. The molecule has 1 aromatic rings. The van der Waals surface area contributed by atoms with E-state index in [2.05, 4.69) is 44.8 Å². The van der Waals surface area contributed by atoms with Crippen molar-refractivity contribution >= 4 is 31.8 Å². The summed E-state index contributed by atoms with van der Waals surface area (Å²) in [7, 11) is -1.90. The van der Waals surface area contributed by atoms with Crippen LogP contribution in [0.1, 0.15) is 26.7 Å². The van der Waals surface area contributed by atoms with Crippen LogP contribution in [0.4, 0.5) is 5.82 Å². The molecule has 0 aromatic carbocycles. The molecule has 1 heterocycles. The Bertz CT molecular complexity index is 516. The molecule has 5 nitrogen and oxygen atoms in total. The van der Waals surface area contributed by atoms with E-state index in [1.165, 1.54) is 0 Å². The van der Waals surface area contributed by atoms with E-state index in [-0.39, 0.29) is 4.90 Å².